The first-order valence-corrected chi connectivity index (χ1v) is 9.68. The molecule has 29 heavy (non-hydrogen) atoms. The highest BCUT2D eigenvalue weighted by Crippen LogP contribution is 2.21. The van der Waals surface area contributed by atoms with Crippen LogP contribution in [0.5, 0.6) is 0 Å². The molecular weight excluding hydrogens is 364 g/mol. The molecule has 0 aliphatic heterocycles. The molecule has 148 valence electrons. The predicted molar refractivity (Wildman–Crippen MR) is 112 cm³/mol. The Bertz CT molecular complexity index is 1120. The molecule has 0 saturated carbocycles. The second kappa shape index (κ2) is 8.70. The van der Waals surface area contributed by atoms with E-state index in [1.165, 1.54) is 0 Å². The lowest BCUT2D eigenvalue weighted by Gasteiger charge is -2.09. The molecule has 6 nitrogen and oxygen atoms in total. The number of fused-ring (bicyclic) bond motifs is 1. The molecule has 0 radical (unpaired) electrons. The van der Waals surface area contributed by atoms with E-state index in [1.54, 1.807) is 13.0 Å². The zero-order chi connectivity index (χ0) is 21.0. The summed E-state index contributed by atoms with van der Waals surface area (Å²) in [6.07, 6.45) is 2.36. The number of pyridine rings is 1. The summed E-state index contributed by atoms with van der Waals surface area (Å²) in [6, 6.07) is 11.7. The number of hydrogen-bond acceptors (Lipinski definition) is 5. The highest BCUT2D eigenvalue weighted by atomic mass is 16.5. The topological polar surface area (TPSA) is 80.8 Å². The molecule has 0 unspecified atom stereocenters. The highest BCUT2D eigenvalue weighted by molar-refractivity contribution is 5.97. The summed E-state index contributed by atoms with van der Waals surface area (Å²) >= 11 is 0. The minimum atomic E-state index is -0.603. The molecule has 0 amide bonds. The number of imidazole rings is 1. The Balaban J connectivity index is 1.91. The van der Waals surface area contributed by atoms with Crippen LogP contribution in [0.25, 0.3) is 17.2 Å². The lowest BCUT2D eigenvalue weighted by atomic mass is 10.1. The molecule has 3 rings (SSSR count). The van der Waals surface area contributed by atoms with Gasteiger partial charge in [0.2, 0.25) is 0 Å². The first kappa shape index (κ1) is 20.3. The number of benzene rings is 1. The quantitative estimate of drug-likeness (QED) is 0.360. The lowest BCUT2D eigenvalue weighted by molar-refractivity contribution is -0.137. The van der Waals surface area contributed by atoms with E-state index in [9.17, 15) is 10.1 Å². The van der Waals surface area contributed by atoms with Gasteiger partial charge in [0, 0.05) is 12.1 Å². The van der Waals surface area contributed by atoms with Crippen molar-refractivity contribution in [1.29, 1.82) is 5.26 Å². The smallest absolute Gasteiger partial charge is 0.348 e. The molecule has 0 spiro atoms. The van der Waals surface area contributed by atoms with Crippen molar-refractivity contribution in [3.05, 3.63) is 64.1 Å². The number of esters is 1. The zero-order valence-corrected chi connectivity index (χ0v) is 17.2. The normalized spacial score (nSPS) is 11.5. The van der Waals surface area contributed by atoms with Gasteiger partial charge in [0.1, 0.15) is 23.0 Å². The van der Waals surface area contributed by atoms with E-state index < -0.39 is 5.97 Å². The Morgan fingerprint density at radius 2 is 1.93 bits per heavy atom. The summed E-state index contributed by atoms with van der Waals surface area (Å²) in [6.45, 7) is 8.75. The van der Waals surface area contributed by atoms with Crippen LogP contribution in [-0.4, -0.2) is 27.1 Å². The van der Waals surface area contributed by atoms with Gasteiger partial charge in [-0.3, -0.25) is 0 Å². The molecule has 0 N–H and O–H groups in total. The number of hydrogen-bond donors (Lipinski definition) is 0. The third-order valence-corrected chi connectivity index (χ3v) is 4.66. The van der Waals surface area contributed by atoms with Crippen molar-refractivity contribution in [3.63, 3.8) is 0 Å². The Morgan fingerprint density at radius 3 is 2.55 bits per heavy atom. The lowest BCUT2D eigenvalue weighted by Crippen LogP contribution is -2.06. The number of aryl methyl sites for hydroxylation is 3. The number of nitrogens with zero attached hydrogens (tertiary/aromatic N) is 4. The van der Waals surface area contributed by atoms with Gasteiger partial charge < -0.3 is 9.30 Å². The Kier molecular flexibility index (Phi) is 6.08. The van der Waals surface area contributed by atoms with E-state index in [2.05, 4.69) is 24.5 Å². The van der Waals surface area contributed by atoms with E-state index in [1.807, 2.05) is 37.3 Å². The van der Waals surface area contributed by atoms with Crippen LogP contribution in [0.4, 0.5) is 0 Å². The van der Waals surface area contributed by atoms with Gasteiger partial charge >= 0.3 is 5.97 Å². The molecule has 0 atom stereocenters. The standard InChI is InChI=1S/C23H24N4O2/c1-5-20-26-21-15(3)11-16(4)25-22(21)27(20)14-18-9-7-17(8-10-18)12-19(13-24)23(28)29-6-2/h7-12H,5-6,14H2,1-4H3/b19-12-. The summed E-state index contributed by atoms with van der Waals surface area (Å²) in [5, 5.41) is 9.18. The molecule has 2 heterocycles. The fourth-order valence-electron chi connectivity index (χ4n) is 3.30. The molecule has 0 bridgehead atoms. The summed E-state index contributed by atoms with van der Waals surface area (Å²) in [7, 11) is 0. The van der Waals surface area contributed by atoms with Gasteiger partial charge in [0.05, 0.1) is 13.2 Å². The summed E-state index contributed by atoms with van der Waals surface area (Å²) in [5.41, 5.74) is 5.80. The average molecular weight is 388 g/mol. The van der Waals surface area contributed by atoms with Crippen molar-refractivity contribution in [3.8, 4) is 6.07 Å². The molecule has 0 fully saturated rings. The predicted octanol–water partition coefficient (Wildman–Crippen LogP) is 4.13. The monoisotopic (exact) mass is 388 g/mol. The second-order valence-electron chi connectivity index (χ2n) is 6.85. The minimum Gasteiger partial charge on any atom is -0.462 e. The van der Waals surface area contributed by atoms with E-state index in [0.29, 0.717) is 6.54 Å². The van der Waals surface area contributed by atoms with Crippen LogP contribution in [0.1, 0.15) is 42.1 Å². The van der Waals surface area contributed by atoms with Crippen LogP contribution >= 0.6 is 0 Å². The number of carbonyl (C=O) groups excluding carboxylic acids is 1. The van der Waals surface area contributed by atoms with Gasteiger partial charge in [0.25, 0.3) is 0 Å². The van der Waals surface area contributed by atoms with Crippen LogP contribution in [0, 0.1) is 25.2 Å². The largest absolute Gasteiger partial charge is 0.462 e. The molecule has 0 saturated heterocycles. The van der Waals surface area contributed by atoms with Crippen LogP contribution < -0.4 is 0 Å². The number of carbonyl (C=O) groups is 1. The average Bonchev–Trinajstić information content (AvgIpc) is 3.05. The van der Waals surface area contributed by atoms with Crippen molar-refractivity contribution in [2.75, 3.05) is 6.61 Å². The number of ether oxygens (including phenoxy) is 1. The van der Waals surface area contributed by atoms with E-state index >= 15 is 0 Å². The Hall–Kier alpha value is -3.46. The fourth-order valence-corrected chi connectivity index (χ4v) is 3.30. The first-order chi connectivity index (χ1) is 14.0. The molecule has 2 aromatic heterocycles. The van der Waals surface area contributed by atoms with Crippen molar-refractivity contribution < 1.29 is 9.53 Å². The molecule has 6 heteroatoms. The molecule has 3 aromatic rings. The number of aromatic nitrogens is 3. The molecule has 0 aliphatic rings. The van der Waals surface area contributed by atoms with E-state index in [-0.39, 0.29) is 12.2 Å². The minimum absolute atomic E-state index is 0.0105. The van der Waals surface area contributed by atoms with E-state index in [4.69, 9.17) is 14.7 Å². The highest BCUT2D eigenvalue weighted by Gasteiger charge is 2.14. The SMILES string of the molecule is CCOC(=O)/C(C#N)=C\c1ccc(Cn2c(CC)nc3c(C)cc(C)nc32)cc1. The summed E-state index contributed by atoms with van der Waals surface area (Å²) in [4.78, 5) is 21.3. The third-order valence-electron chi connectivity index (χ3n) is 4.66. The maximum Gasteiger partial charge on any atom is 0.348 e. The summed E-state index contributed by atoms with van der Waals surface area (Å²) < 4.78 is 7.05. The van der Waals surface area contributed by atoms with Gasteiger partial charge in [-0.05, 0) is 49.6 Å². The molecule has 0 aliphatic carbocycles. The fraction of sp³-hybridized carbons (Fsp3) is 0.304. The second-order valence-corrected chi connectivity index (χ2v) is 6.85. The Labute approximate surface area is 170 Å². The van der Waals surface area contributed by atoms with Gasteiger partial charge in [-0.25, -0.2) is 14.8 Å². The summed E-state index contributed by atoms with van der Waals surface area (Å²) in [5.74, 6) is 0.396. The van der Waals surface area contributed by atoms with Crippen molar-refractivity contribution in [2.24, 2.45) is 0 Å². The molecular formula is C23H24N4O2. The number of nitriles is 1. The first-order valence-electron chi connectivity index (χ1n) is 9.68. The van der Waals surface area contributed by atoms with E-state index in [0.717, 1.165) is 45.8 Å². The van der Waals surface area contributed by atoms with Crippen molar-refractivity contribution in [1.82, 2.24) is 14.5 Å². The van der Waals surface area contributed by atoms with Crippen LogP contribution in [0.2, 0.25) is 0 Å². The van der Waals surface area contributed by atoms with Gasteiger partial charge in [-0.2, -0.15) is 5.26 Å². The molecule has 1 aromatic carbocycles. The number of rotatable bonds is 6. The maximum atomic E-state index is 11.8. The third kappa shape index (κ3) is 4.35. The van der Waals surface area contributed by atoms with Crippen molar-refractivity contribution >= 4 is 23.2 Å². The zero-order valence-electron chi connectivity index (χ0n) is 17.2. The van der Waals surface area contributed by atoms with Crippen LogP contribution in [0.3, 0.4) is 0 Å². The Morgan fingerprint density at radius 1 is 1.21 bits per heavy atom. The van der Waals surface area contributed by atoms with Crippen LogP contribution in [-0.2, 0) is 22.5 Å². The maximum absolute atomic E-state index is 11.8. The van der Waals surface area contributed by atoms with Crippen LogP contribution in [0.15, 0.2) is 35.9 Å². The van der Waals surface area contributed by atoms with Gasteiger partial charge in [-0.15, -0.1) is 0 Å². The van der Waals surface area contributed by atoms with Crippen molar-refractivity contribution in [2.45, 2.75) is 40.7 Å². The van der Waals surface area contributed by atoms with Gasteiger partial charge in [-0.1, -0.05) is 31.2 Å². The van der Waals surface area contributed by atoms with Gasteiger partial charge in [0.15, 0.2) is 5.65 Å².